The lowest BCUT2D eigenvalue weighted by Crippen LogP contribution is -2.42. The summed E-state index contributed by atoms with van der Waals surface area (Å²) in [5, 5.41) is 10.5. The molecule has 0 aromatic carbocycles. The molecule has 0 saturated carbocycles. The zero-order chi connectivity index (χ0) is 17.3. The van der Waals surface area contributed by atoms with Gasteiger partial charge in [0.25, 0.3) is 5.91 Å². The number of hydrogen-bond donors (Lipinski definition) is 3. The molecule has 2 aromatic rings. The number of fused-ring (bicyclic) bond motifs is 1. The lowest BCUT2D eigenvalue weighted by atomic mass is 10.0. The zero-order valence-corrected chi connectivity index (χ0v) is 14.7. The fourth-order valence-electron chi connectivity index (χ4n) is 3.47. The third-order valence-corrected chi connectivity index (χ3v) is 5.76. The maximum absolute atomic E-state index is 11.6. The van der Waals surface area contributed by atoms with Gasteiger partial charge in [0.2, 0.25) is 0 Å². The molecule has 7 heteroatoms. The van der Waals surface area contributed by atoms with Gasteiger partial charge in [-0.15, -0.1) is 11.3 Å². The van der Waals surface area contributed by atoms with E-state index in [4.69, 9.17) is 16.5 Å². The summed E-state index contributed by atoms with van der Waals surface area (Å²) in [7, 11) is 0. The predicted molar refractivity (Wildman–Crippen MR) is 98.6 cm³/mol. The first-order chi connectivity index (χ1) is 11.6. The molecular weight excluding hydrogens is 324 g/mol. The molecule has 1 aliphatic rings. The minimum Gasteiger partial charge on any atom is -0.397 e. The van der Waals surface area contributed by atoms with Gasteiger partial charge < -0.3 is 21.5 Å². The Morgan fingerprint density at radius 3 is 2.96 bits per heavy atom. The molecule has 6 nitrogen and oxygen atoms in total. The summed E-state index contributed by atoms with van der Waals surface area (Å²) in [5.41, 5.74) is 13.2. The first-order valence-corrected chi connectivity index (χ1v) is 9.27. The van der Waals surface area contributed by atoms with Crippen LogP contribution in [0.1, 0.15) is 47.8 Å². The van der Waals surface area contributed by atoms with Crippen LogP contribution in [-0.2, 0) is 6.42 Å². The Bertz CT molecular complexity index is 759. The highest BCUT2D eigenvalue weighted by Gasteiger charge is 2.25. The second-order valence-electron chi connectivity index (χ2n) is 6.30. The Balaban J connectivity index is 2.14. The van der Waals surface area contributed by atoms with Gasteiger partial charge in [-0.25, -0.2) is 4.98 Å². The van der Waals surface area contributed by atoms with Crippen molar-refractivity contribution in [2.75, 3.05) is 23.8 Å². The normalized spacial score (nSPS) is 18.2. The monoisotopic (exact) mass is 348 g/mol. The minimum absolute atomic E-state index is 0.103. The van der Waals surface area contributed by atoms with E-state index in [0.717, 1.165) is 60.2 Å². The third kappa shape index (κ3) is 2.93. The smallest absolute Gasteiger partial charge is 0.260 e. The van der Waals surface area contributed by atoms with Crippen LogP contribution in [0.15, 0.2) is 6.07 Å². The number of carbonyl (C=O) groups excluding carboxylic acids is 1. The molecule has 1 atom stereocenters. The maximum atomic E-state index is 11.6. The summed E-state index contributed by atoms with van der Waals surface area (Å²) in [4.78, 5) is 19.7. The highest BCUT2D eigenvalue weighted by molar-refractivity contribution is 7.21. The summed E-state index contributed by atoms with van der Waals surface area (Å²) in [6.45, 7) is 3.13. The van der Waals surface area contributed by atoms with E-state index in [1.165, 1.54) is 11.3 Å². The highest BCUT2D eigenvalue weighted by Crippen LogP contribution is 2.38. The van der Waals surface area contributed by atoms with Crippen molar-refractivity contribution >= 4 is 39.0 Å². The number of aromatic nitrogens is 1. The molecule has 1 unspecified atom stereocenters. The van der Waals surface area contributed by atoms with Crippen molar-refractivity contribution < 1.29 is 9.90 Å². The molecule has 0 bridgehead atoms. The van der Waals surface area contributed by atoms with E-state index in [-0.39, 0.29) is 12.6 Å². The van der Waals surface area contributed by atoms with Crippen LogP contribution in [-0.4, -0.2) is 35.2 Å². The van der Waals surface area contributed by atoms with Gasteiger partial charge in [-0.2, -0.15) is 0 Å². The number of pyridine rings is 1. The van der Waals surface area contributed by atoms with Crippen molar-refractivity contribution in [1.29, 1.82) is 0 Å². The Labute approximate surface area is 145 Å². The topological polar surface area (TPSA) is 105 Å². The predicted octanol–water partition coefficient (Wildman–Crippen LogP) is 2.28. The second kappa shape index (κ2) is 6.94. The summed E-state index contributed by atoms with van der Waals surface area (Å²) >= 11 is 1.26. The number of piperidine rings is 1. The maximum Gasteiger partial charge on any atom is 0.260 e. The molecule has 1 aliphatic heterocycles. The number of aliphatic hydroxyl groups is 1. The summed E-state index contributed by atoms with van der Waals surface area (Å²) in [5.74, 6) is 0.354. The third-order valence-electron chi connectivity index (χ3n) is 4.64. The van der Waals surface area contributed by atoms with Crippen molar-refractivity contribution in [1.82, 2.24) is 4.98 Å². The van der Waals surface area contributed by atoms with Crippen LogP contribution < -0.4 is 16.4 Å². The lowest BCUT2D eigenvalue weighted by Gasteiger charge is -2.35. The van der Waals surface area contributed by atoms with E-state index in [1.807, 2.05) is 0 Å². The second-order valence-corrected chi connectivity index (χ2v) is 7.30. The van der Waals surface area contributed by atoms with E-state index in [2.05, 4.69) is 17.9 Å². The largest absolute Gasteiger partial charge is 0.397 e. The molecule has 5 N–H and O–H groups in total. The number of aryl methyl sites for hydroxylation is 1. The number of hydrogen-bond acceptors (Lipinski definition) is 6. The number of anilines is 2. The van der Waals surface area contributed by atoms with E-state index >= 15 is 0 Å². The van der Waals surface area contributed by atoms with Crippen LogP contribution >= 0.6 is 11.3 Å². The molecule has 2 aromatic heterocycles. The number of carbonyl (C=O) groups is 1. The molecule has 0 aliphatic carbocycles. The van der Waals surface area contributed by atoms with Crippen molar-refractivity contribution in [3.63, 3.8) is 0 Å². The molecule has 0 spiro atoms. The van der Waals surface area contributed by atoms with E-state index in [9.17, 15) is 9.90 Å². The SMILES string of the molecule is CCCc1cc(N2CCCCC2CO)nc2sc(C(N)=O)c(N)c12. The van der Waals surface area contributed by atoms with Crippen LogP contribution in [0.5, 0.6) is 0 Å². The van der Waals surface area contributed by atoms with Gasteiger partial charge in [0.05, 0.1) is 18.3 Å². The zero-order valence-electron chi connectivity index (χ0n) is 13.9. The average Bonchev–Trinajstić information content (AvgIpc) is 2.92. The van der Waals surface area contributed by atoms with Crippen molar-refractivity contribution in [3.05, 3.63) is 16.5 Å². The molecule has 0 radical (unpaired) electrons. The summed E-state index contributed by atoms with van der Waals surface area (Å²) in [6, 6.07) is 2.17. The number of nitrogen functional groups attached to an aromatic ring is 1. The highest BCUT2D eigenvalue weighted by atomic mass is 32.1. The quantitative estimate of drug-likeness (QED) is 0.769. The number of nitrogens with two attached hydrogens (primary N) is 2. The first-order valence-electron chi connectivity index (χ1n) is 8.46. The summed E-state index contributed by atoms with van der Waals surface area (Å²) < 4.78 is 0. The van der Waals surface area contributed by atoms with Crippen LogP contribution in [0.2, 0.25) is 0 Å². The average molecular weight is 348 g/mol. The summed E-state index contributed by atoms with van der Waals surface area (Å²) in [6.07, 6.45) is 5.03. The molecule has 3 heterocycles. The number of aliphatic hydroxyl groups excluding tert-OH is 1. The Kier molecular flexibility index (Phi) is 4.91. The van der Waals surface area contributed by atoms with Gasteiger partial charge in [0.1, 0.15) is 15.5 Å². The molecule has 1 amide bonds. The number of nitrogens with zero attached hydrogens (tertiary/aromatic N) is 2. The number of amides is 1. The Morgan fingerprint density at radius 2 is 2.29 bits per heavy atom. The van der Waals surface area contributed by atoms with Crippen LogP contribution in [0, 0.1) is 0 Å². The van der Waals surface area contributed by atoms with Crippen molar-refractivity contribution in [2.24, 2.45) is 5.73 Å². The van der Waals surface area contributed by atoms with E-state index in [1.54, 1.807) is 0 Å². The number of thiophene rings is 1. The fraction of sp³-hybridized carbons (Fsp3) is 0.529. The van der Waals surface area contributed by atoms with Gasteiger partial charge in [-0.1, -0.05) is 13.3 Å². The van der Waals surface area contributed by atoms with Gasteiger partial charge in [-0.05, 0) is 37.3 Å². The van der Waals surface area contributed by atoms with Crippen LogP contribution in [0.4, 0.5) is 11.5 Å². The van der Waals surface area contributed by atoms with E-state index in [0.29, 0.717) is 10.6 Å². The Morgan fingerprint density at radius 1 is 1.50 bits per heavy atom. The van der Waals surface area contributed by atoms with Gasteiger partial charge >= 0.3 is 0 Å². The van der Waals surface area contributed by atoms with E-state index < -0.39 is 5.91 Å². The first kappa shape index (κ1) is 17.0. The Hall–Kier alpha value is -1.86. The van der Waals surface area contributed by atoms with Crippen LogP contribution in [0.25, 0.3) is 10.2 Å². The molecule has 24 heavy (non-hydrogen) atoms. The van der Waals surface area contributed by atoms with Gasteiger partial charge in [0.15, 0.2) is 0 Å². The lowest BCUT2D eigenvalue weighted by molar-refractivity contribution is 0.100. The van der Waals surface area contributed by atoms with Crippen molar-refractivity contribution in [2.45, 2.75) is 45.1 Å². The van der Waals surface area contributed by atoms with Crippen molar-refractivity contribution in [3.8, 4) is 0 Å². The number of rotatable bonds is 5. The molecule has 130 valence electrons. The van der Waals surface area contributed by atoms with Crippen LogP contribution in [0.3, 0.4) is 0 Å². The molecule has 3 rings (SSSR count). The number of primary amides is 1. The minimum atomic E-state index is -0.509. The standard InChI is InChI=1S/C17H24N4O2S/c1-2-5-10-8-12(21-7-4-3-6-11(21)9-22)20-17-13(10)14(18)15(24-17)16(19)23/h8,11,22H,2-7,9,18H2,1H3,(H2,19,23). The fourth-order valence-corrected chi connectivity index (χ4v) is 4.46. The van der Waals surface area contributed by atoms with Gasteiger partial charge in [-0.3, -0.25) is 4.79 Å². The molecular formula is C17H24N4O2S. The molecule has 1 saturated heterocycles. The molecule has 1 fully saturated rings. The van der Waals surface area contributed by atoms with Gasteiger partial charge in [0, 0.05) is 11.9 Å².